The largest absolute Gasteiger partial charge is 0.289 e. The molecular weight excluding hydrogens is 207 g/mol. The monoisotopic (exact) mass is 214 g/mol. The number of carbonyl (C=O) groups excluding carboxylic acids is 1. The number of rotatable bonds is 1. The van der Waals surface area contributed by atoms with E-state index in [0.29, 0.717) is 5.69 Å². The fraction of sp³-hybridized carbons (Fsp3) is 0.250. The highest BCUT2D eigenvalue weighted by molar-refractivity contribution is 5.92. The molecule has 0 radical (unpaired) electrons. The summed E-state index contributed by atoms with van der Waals surface area (Å²) in [5.74, 6) is 4.32. The summed E-state index contributed by atoms with van der Waals surface area (Å²) in [6, 6.07) is 0. The summed E-state index contributed by atoms with van der Waals surface area (Å²) in [6.07, 6.45) is 0. The zero-order chi connectivity index (χ0) is 7.56. The lowest BCUT2D eigenvalue weighted by atomic mass is 10.3. The molecule has 1 aromatic heterocycles. The Balaban J connectivity index is 0. The molecule has 6 nitrogen and oxygen atoms in total. The summed E-state index contributed by atoms with van der Waals surface area (Å²) in [6.45, 7) is 1.60. The van der Waals surface area contributed by atoms with E-state index in [1.807, 2.05) is 5.43 Å². The van der Waals surface area contributed by atoms with Gasteiger partial charge in [-0.2, -0.15) is 0 Å². The molecule has 1 heterocycles. The van der Waals surface area contributed by atoms with Crippen LogP contribution in [0.2, 0.25) is 0 Å². The topological polar surface area (TPSA) is 94.0 Å². The minimum absolute atomic E-state index is 0. The van der Waals surface area contributed by atoms with Crippen LogP contribution in [0.25, 0.3) is 0 Å². The van der Waals surface area contributed by atoms with Gasteiger partial charge in [-0.15, -0.1) is 24.8 Å². The zero-order valence-corrected chi connectivity index (χ0v) is 7.74. The van der Waals surface area contributed by atoms with Crippen molar-refractivity contribution in [2.45, 2.75) is 6.92 Å². The van der Waals surface area contributed by atoms with E-state index >= 15 is 0 Å². The van der Waals surface area contributed by atoms with Crippen molar-refractivity contribution in [1.29, 1.82) is 0 Å². The van der Waals surface area contributed by atoms with Crippen molar-refractivity contribution in [2.75, 3.05) is 0 Å². The third-order valence-corrected chi connectivity index (χ3v) is 0.999. The molecule has 3 N–H and O–H groups in total. The van der Waals surface area contributed by atoms with Crippen LogP contribution in [0.3, 0.4) is 0 Å². The first kappa shape index (κ1) is 13.7. The molecule has 8 heteroatoms. The van der Waals surface area contributed by atoms with Gasteiger partial charge < -0.3 is 0 Å². The molecule has 0 aliphatic rings. The Morgan fingerprint density at radius 3 is 2.42 bits per heavy atom. The quantitative estimate of drug-likeness (QED) is 0.385. The lowest BCUT2D eigenvalue weighted by molar-refractivity contribution is 0.0943. The smallest absolute Gasteiger partial charge is 0.289 e. The Bertz CT molecular complexity index is 251. The van der Waals surface area contributed by atoms with E-state index in [1.165, 1.54) is 0 Å². The number of nitrogens with one attached hydrogen (secondary N) is 1. The second-order valence-corrected chi connectivity index (χ2v) is 1.67. The number of carbonyl (C=O) groups is 1. The predicted octanol–water partition coefficient (Wildman–Crippen LogP) is -0.175. The first-order valence-corrected chi connectivity index (χ1v) is 2.56. The Morgan fingerprint density at radius 1 is 1.50 bits per heavy atom. The van der Waals surface area contributed by atoms with E-state index in [1.54, 1.807) is 6.92 Å². The molecule has 0 atom stereocenters. The van der Waals surface area contributed by atoms with Gasteiger partial charge in [-0.3, -0.25) is 10.2 Å². The van der Waals surface area contributed by atoms with Gasteiger partial charge in [0, 0.05) is 0 Å². The van der Waals surface area contributed by atoms with Crippen molar-refractivity contribution in [2.24, 2.45) is 5.84 Å². The number of hydrazine groups is 1. The maximum Gasteiger partial charge on any atom is 0.289 e. The molecule has 1 rings (SSSR count). The highest BCUT2D eigenvalue weighted by Gasteiger charge is 2.12. The molecule has 0 bridgehead atoms. The van der Waals surface area contributed by atoms with Crippen LogP contribution in [-0.2, 0) is 0 Å². The van der Waals surface area contributed by atoms with Crippen molar-refractivity contribution in [3.05, 3.63) is 11.4 Å². The van der Waals surface area contributed by atoms with Crippen LogP contribution in [0.1, 0.15) is 16.2 Å². The number of hydrogen-bond acceptors (Lipinski definition) is 5. The minimum Gasteiger partial charge on any atom is -0.289 e. The van der Waals surface area contributed by atoms with Crippen LogP contribution in [0.5, 0.6) is 0 Å². The van der Waals surface area contributed by atoms with Crippen LogP contribution in [-0.4, -0.2) is 16.2 Å². The van der Waals surface area contributed by atoms with Crippen LogP contribution in [0.15, 0.2) is 4.63 Å². The van der Waals surface area contributed by atoms with Gasteiger partial charge in [-0.05, 0) is 12.1 Å². The molecule has 0 aliphatic carbocycles. The number of halogens is 2. The molecule has 12 heavy (non-hydrogen) atoms. The second kappa shape index (κ2) is 5.76. The Labute approximate surface area is 80.6 Å². The van der Waals surface area contributed by atoms with Gasteiger partial charge >= 0.3 is 0 Å². The van der Waals surface area contributed by atoms with Crippen LogP contribution < -0.4 is 11.3 Å². The highest BCUT2D eigenvalue weighted by Crippen LogP contribution is 1.97. The van der Waals surface area contributed by atoms with E-state index < -0.39 is 5.91 Å². The SMILES string of the molecule is Cc1nonc1C(=O)NN.Cl.Cl. The van der Waals surface area contributed by atoms with E-state index in [-0.39, 0.29) is 30.5 Å². The normalized spacial score (nSPS) is 7.83. The summed E-state index contributed by atoms with van der Waals surface area (Å²) in [5, 5.41) is 6.69. The third-order valence-electron chi connectivity index (χ3n) is 0.999. The van der Waals surface area contributed by atoms with Crippen molar-refractivity contribution in [3.8, 4) is 0 Å². The van der Waals surface area contributed by atoms with Gasteiger partial charge in [0.2, 0.25) is 0 Å². The lowest BCUT2D eigenvalue weighted by Gasteiger charge is -1.90. The maximum atomic E-state index is 10.7. The minimum atomic E-state index is -0.501. The number of aryl methyl sites for hydroxylation is 1. The van der Waals surface area contributed by atoms with Gasteiger partial charge in [0.25, 0.3) is 5.91 Å². The van der Waals surface area contributed by atoms with E-state index in [0.717, 1.165) is 0 Å². The summed E-state index contributed by atoms with van der Waals surface area (Å²) in [7, 11) is 0. The van der Waals surface area contributed by atoms with Crippen molar-refractivity contribution in [3.63, 3.8) is 0 Å². The van der Waals surface area contributed by atoms with Crippen molar-refractivity contribution >= 4 is 30.7 Å². The molecule has 0 aliphatic heterocycles. The van der Waals surface area contributed by atoms with Crippen LogP contribution in [0.4, 0.5) is 0 Å². The molecule has 1 amide bonds. The number of nitrogen functional groups attached to an aromatic ring is 1. The maximum absolute atomic E-state index is 10.7. The highest BCUT2D eigenvalue weighted by atomic mass is 35.5. The van der Waals surface area contributed by atoms with Gasteiger partial charge in [0.1, 0.15) is 5.69 Å². The number of hydrogen-bond donors (Lipinski definition) is 2. The lowest BCUT2D eigenvalue weighted by Crippen LogP contribution is -2.30. The summed E-state index contributed by atoms with van der Waals surface area (Å²) in [4.78, 5) is 10.7. The van der Waals surface area contributed by atoms with E-state index in [9.17, 15) is 4.79 Å². The van der Waals surface area contributed by atoms with Crippen LogP contribution in [0, 0.1) is 6.92 Å². The van der Waals surface area contributed by atoms with E-state index in [2.05, 4.69) is 14.9 Å². The average Bonchev–Trinajstić information content (AvgIpc) is 2.34. The molecule has 1 aromatic rings. The fourth-order valence-electron chi connectivity index (χ4n) is 0.506. The van der Waals surface area contributed by atoms with Gasteiger partial charge in [-0.25, -0.2) is 10.5 Å². The average molecular weight is 215 g/mol. The first-order valence-electron chi connectivity index (χ1n) is 2.56. The fourth-order valence-corrected chi connectivity index (χ4v) is 0.506. The number of nitrogens with zero attached hydrogens (tertiary/aromatic N) is 2. The first-order chi connectivity index (χ1) is 4.75. The summed E-state index contributed by atoms with van der Waals surface area (Å²) < 4.78 is 4.25. The Kier molecular flexibility index (Phi) is 6.58. The van der Waals surface area contributed by atoms with Gasteiger partial charge in [0.05, 0.1) is 0 Å². The number of aromatic nitrogens is 2. The van der Waals surface area contributed by atoms with Gasteiger partial charge in [-0.1, -0.05) is 5.16 Å². The Morgan fingerprint density at radius 2 is 2.08 bits per heavy atom. The van der Waals surface area contributed by atoms with E-state index in [4.69, 9.17) is 5.84 Å². The molecular formula is C4H8Cl2N4O2. The third kappa shape index (κ3) is 2.65. The molecule has 0 saturated heterocycles. The molecule has 0 fully saturated rings. The Hall–Kier alpha value is -0.850. The predicted molar refractivity (Wildman–Crippen MR) is 45.2 cm³/mol. The summed E-state index contributed by atoms with van der Waals surface area (Å²) in [5.41, 5.74) is 2.44. The molecule has 0 spiro atoms. The van der Waals surface area contributed by atoms with Crippen LogP contribution >= 0.6 is 24.8 Å². The van der Waals surface area contributed by atoms with Crippen molar-refractivity contribution < 1.29 is 9.42 Å². The molecule has 0 aromatic carbocycles. The van der Waals surface area contributed by atoms with Gasteiger partial charge in [0.15, 0.2) is 5.69 Å². The molecule has 0 unspecified atom stereocenters. The number of amides is 1. The summed E-state index contributed by atoms with van der Waals surface area (Å²) >= 11 is 0. The molecule has 0 saturated carbocycles. The zero-order valence-electron chi connectivity index (χ0n) is 6.10. The second-order valence-electron chi connectivity index (χ2n) is 1.67. The number of nitrogens with two attached hydrogens (primary N) is 1. The standard InChI is InChI=1S/C4H6N4O2.2ClH/c1-2-3(4(9)6-5)8-10-7-2;;/h5H2,1H3,(H,6,9);2*1H. The van der Waals surface area contributed by atoms with Crippen molar-refractivity contribution in [1.82, 2.24) is 15.7 Å². The molecule has 70 valence electrons.